The fraction of sp³-hybridized carbons (Fsp3) is 0.400. The number of anilines is 1. The molecule has 1 aliphatic rings. The number of nitrogens with one attached hydrogen (secondary N) is 2. The first-order valence-electron chi connectivity index (χ1n) is 8.94. The molecule has 144 valence electrons. The average Bonchev–Trinajstić information content (AvgIpc) is 2.96. The van der Waals surface area contributed by atoms with E-state index >= 15 is 0 Å². The Bertz CT molecular complexity index is 831. The fourth-order valence-corrected chi connectivity index (χ4v) is 4.60. The second-order valence-corrected chi connectivity index (χ2v) is 8.46. The second kappa shape index (κ2) is 8.37. The van der Waals surface area contributed by atoms with Crippen LogP contribution in [0.3, 0.4) is 0 Å². The normalized spacial score (nSPS) is 14.9. The van der Waals surface area contributed by atoms with Gasteiger partial charge in [-0.05, 0) is 38.6 Å². The van der Waals surface area contributed by atoms with Gasteiger partial charge < -0.3 is 20.1 Å². The zero-order valence-electron chi connectivity index (χ0n) is 15.8. The molecular formula is C20H24N2O3S2. The maximum absolute atomic E-state index is 12.5. The Kier molecular flexibility index (Phi) is 6.14. The summed E-state index contributed by atoms with van der Waals surface area (Å²) in [4.78, 5) is 13.7. The molecule has 2 N–H and O–H groups in total. The molecular weight excluding hydrogens is 380 g/mol. The Labute approximate surface area is 169 Å². The van der Waals surface area contributed by atoms with Gasteiger partial charge in [0.15, 0.2) is 5.11 Å². The molecule has 0 saturated heterocycles. The van der Waals surface area contributed by atoms with Crippen molar-refractivity contribution in [3.63, 3.8) is 0 Å². The molecule has 0 fully saturated rings. The van der Waals surface area contributed by atoms with Gasteiger partial charge in [0, 0.05) is 23.4 Å². The van der Waals surface area contributed by atoms with E-state index in [1.54, 1.807) is 18.3 Å². The standard InChI is InChI=1S/C20H24N2O3S2/c1-4-24-18(23)16-14-12-25-20(2,3)10-15(14)27-17(16)22-19(26)21-11-13-8-6-5-7-9-13/h5-9H,4,10-12H2,1-3H3,(H2,21,22,26). The molecule has 1 aliphatic heterocycles. The van der Waals surface area contributed by atoms with Gasteiger partial charge in [-0.1, -0.05) is 30.3 Å². The maximum atomic E-state index is 12.5. The van der Waals surface area contributed by atoms with Crippen LogP contribution in [0.15, 0.2) is 30.3 Å². The lowest BCUT2D eigenvalue weighted by Crippen LogP contribution is -2.31. The molecule has 0 unspecified atom stereocenters. The minimum absolute atomic E-state index is 0.243. The van der Waals surface area contributed by atoms with Crippen LogP contribution in [0, 0.1) is 0 Å². The number of fused-ring (bicyclic) bond motifs is 1. The predicted molar refractivity (Wildman–Crippen MR) is 112 cm³/mol. The van der Waals surface area contributed by atoms with Crippen molar-refractivity contribution in [3.8, 4) is 0 Å². The largest absolute Gasteiger partial charge is 0.462 e. The highest BCUT2D eigenvalue weighted by atomic mass is 32.1. The number of esters is 1. The van der Waals surface area contributed by atoms with E-state index in [-0.39, 0.29) is 11.6 Å². The quantitative estimate of drug-likeness (QED) is 0.574. The van der Waals surface area contributed by atoms with Crippen LogP contribution in [0.1, 0.15) is 47.1 Å². The number of thiocarbonyl (C=S) groups is 1. The van der Waals surface area contributed by atoms with Gasteiger partial charge in [-0.25, -0.2) is 4.79 Å². The minimum atomic E-state index is -0.341. The van der Waals surface area contributed by atoms with E-state index in [2.05, 4.69) is 24.5 Å². The molecule has 0 radical (unpaired) electrons. The number of carbonyl (C=O) groups is 1. The molecule has 0 aliphatic carbocycles. The van der Waals surface area contributed by atoms with Crippen molar-refractivity contribution in [1.29, 1.82) is 0 Å². The van der Waals surface area contributed by atoms with E-state index in [0.717, 1.165) is 22.4 Å². The minimum Gasteiger partial charge on any atom is -0.462 e. The third-order valence-electron chi connectivity index (χ3n) is 4.29. The van der Waals surface area contributed by atoms with E-state index in [1.807, 2.05) is 30.3 Å². The van der Waals surface area contributed by atoms with Crippen molar-refractivity contribution in [2.75, 3.05) is 11.9 Å². The van der Waals surface area contributed by atoms with Gasteiger partial charge in [-0.3, -0.25) is 0 Å². The number of hydrogen-bond donors (Lipinski definition) is 2. The zero-order chi connectivity index (χ0) is 19.4. The van der Waals surface area contributed by atoms with Crippen molar-refractivity contribution in [3.05, 3.63) is 51.9 Å². The van der Waals surface area contributed by atoms with E-state index in [9.17, 15) is 4.79 Å². The molecule has 1 aromatic heterocycles. The average molecular weight is 405 g/mol. The first kappa shape index (κ1) is 19.8. The molecule has 7 heteroatoms. The predicted octanol–water partition coefficient (Wildman–Crippen LogP) is 4.26. The van der Waals surface area contributed by atoms with Gasteiger partial charge in [0.25, 0.3) is 0 Å². The van der Waals surface area contributed by atoms with Crippen LogP contribution in [0.25, 0.3) is 0 Å². The van der Waals surface area contributed by atoms with Crippen LogP contribution in [-0.2, 0) is 29.0 Å². The molecule has 1 aromatic carbocycles. The second-order valence-electron chi connectivity index (χ2n) is 6.95. The van der Waals surface area contributed by atoms with Crippen molar-refractivity contribution in [2.24, 2.45) is 0 Å². The summed E-state index contributed by atoms with van der Waals surface area (Å²) in [6.07, 6.45) is 0.755. The molecule has 0 atom stereocenters. The number of thiophene rings is 1. The van der Waals surface area contributed by atoms with Crippen LogP contribution in [0.5, 0.6) is 0 Å². The van der Waals surface area contributed by atoms with Crippen molar-refractivity contribution < 1.29 is 14.3 Å². The first-order valence-corrected chi connectivity index (χ1v) is 10.2. The first-order chi connectivity index (χ1) is 12.9. The van der Waals surface area contributed by atoms with Gasteiger partial charge >= 0.3 is 5.97 Å². The maximum Gasteiger partial charge on any atom is 0.341 e. The topological polar surface area (TPSA) is 59.6 Å². The summed E-state index contributed by atoms with van der Waals surface area (Å²) in [6, 6.07) is 10.0. The van der Waals surface area contributed by atoms with Crippen molar-refractivity contribution >= 4 is 39.6 Å². The van der Waals surface area contributed by atoms with Gasteiger partial charge in [-0.15, -0.1) is 11.3 Å². The van der Waals surface area contributed by atoms with Crippen LogP contribution < -0.4 is 10.6 Å². The van der Waals surface area contributed by atoms with Crippen LogP contribution in [-0.4, -0.2) is 23.3 Å². The van der Waals surface area contributed by atoms with Crippen LogP contribution in [0.2, 0.25) is 0 Å². The van der Waals surface area contributed by atoms with Gasteiger partial charge in [-0.2, -0.15) is 0 Å². The van der Waals surface area contributed by atoms with Crippen molar-refractivity contribution in [1.82, 2.24) is 5.32 Å². The lowest BCUT2D eigenvalue weighted by Gasteiger charge is -2.30. The summed E-state index contributed by atoms with van der Waals surface area (Å²) in [5.41, 5.74) is 2.34. The number of ether oxygens (including phenoxy) is 2. The summed E-state index contributed by atoms with van der Waals surface area (Å²) in [6.45, 7) is 7.25. The van der Waals surface area contributed by atoms with Gasteiger partial charge in [0.05, 0.1) is 18.8 Å². The highest BCUT2D eigenvalue weighted by molar-refractivity contribution is 7.80. The van der Waals surface area contributed by atoms with Gasteiger partial charge in [0.2, 0.25) is 0 Å². The van der Waals surface area contributed by atoms with E-state index in [1.165, 1.54) is 0 Å². The number of rotatable bonds is 5. The van der Waals surface area contributed by atoms with E-state index < -0.39 is 0 Å². The Morgan fingerprint density at radius 3 is 2.78 bits per heavy atom. The molecule has 5 nitrogen and oxygen atoms in total. The molecule has 27 heavy (non-hydrogen) atoms. The highest BCUT2D eigenvalue weighted by Gasteiger charge is 2.33. The third kappa shape index (κ3) is 4.86. The molecule has 0 bridgehead atoms. The smallest absolute Gasteiger partial charge is 0.341 e. The van der Waals surface area contributed by atoms with E-state index in [4.69, 9.17) is 21.7 Å². The SMILES string of the molecule is CCOC(=O)c1c(NC(=S)NCc2ccccc2)sc2c1COC(C)(C)C2. The molecule has 3 rings (SSSR count). The summed E-state index contributed by atoms with van der Waals surface area (Å²) in [7, 11) is 0. The number of carbonyl (C=O) groups excluding carboxylic acids is 1. The van der Waals surface area contributed by atoms with Crippen LogP contribution in [0.4, 0.5) is 5.00 Å². The zero-order valence-corrected chi connectivity index (χ0v) is 17.4. The van der Waals surface area contributed by atoms with Gasteiger partial charge in [0.1, 0.15) is 10.6 Å². The van der Waals surface area contributed by atoms with Crippen LogP contribution >= 0.6 is 23.6 Å². The monoisotopic (exact) mass is 404 g/mol. The Hall–Kier alpha value is -1.96. The molecule has 0 spiro atoms. The third-order valence-corrected chi connectivity index (χ3v) is 5.68. The lowest BCUT2D eigenvalue weighted by atomic mass is 9.96. The van der Waals surface area contributed by atoms with Crippen molar-refractivity contribution in [2.45, 2.75) is 45.9 Å². The molecule has 2 aromatic rings. The lowest BCUT2D eigenvalue weighted by molar-refractivity contribution is -0.0393. The summed E-state index contributed by atoms with van der Waals surface area (Å²) in [5.74, 6) is -0.341. The molecule has 2 heterocycles. The highest BCUT2D eigenvalue weighted by Crippen LogP contribution is 2.40. The summed E-state index contributed by atoms with van der Waals surface area (Å²) < 4.78 is 11.2. The Morgan fingerprint density at radius 1 is 1.33 bits per heavy atom. The molecule has 0 saturated carbocycles. The fourth-order valence-electron chi connectivity index (χ4n) is 2.95. The Balaban J connectivity index is 1.78. The Morgan fingerprint density at radius 2 is 2.07 bits per heavy atom. The molecule has 0 amide bonds. The number of hydrogen-bond acceptors (Lipinski definition) is 5. The summed E-state index contributed by atoms with van der Waals surface area (Å²) in [5, 5.41) is 7.56. The summed E-state index contributed by atoms with van der Waals surface area (Å²) >= 11 is 6.98. The number of benzene rings is 1. The van der Waals surface area contributed by atoms with E-state index in [0.29, 0.717) is 35.4 Å².